The summed E-state index contributed by atoms with van der Waals surface area (Å²) in [4.78, 5) is 28.3. The molecule has 1 atom stereocenters. The number of alkyl halides is 2. The molecule has 1 unspecified atom stereocenters. The lowest BCUT2D eigenvalue weighted by atomic mass is 9.76. The molecule has 0 amide bonds. The summed E-state index contributed by atoms with van der Waals surface area (Å²) in [6.45, 7) is 4.04. The van der Waals surface area contributed by atoms with Crippen molar-refractivity contribution >= 4 is 17.6 Å². The lowest BCUT2D eigenvalue weighted by Gasteiger charge is -2.29. The smallest absolute Gasteiger partial charge is 0.306 e. The van der Waals surface area contributed by atoms with Gasteiger partial charge in [-0.2, -0.15) is 0 Å². The zero-order valence-electron chi connectivity index (χ0n) is 19.1. The van der Waals surface area contributed by atoms with E-state index in [9.17, 15) is 18.7 Å². The Morgan fingerprint density at radius 2 is 1.76 bits per heavy atom. The monoisotopic (exact) mass is 467 g/mol. The van der Waals surface area contributed by atoms with E-state index in [1.807, 2.05) is 25.1 Å². The molecule has 1 saturated carbocycles. The molecule has 4 rings (SSSR count). The van der Waals surface area contributed by atoms with Gasteiger partial charge in [-0.1, -0.05) is 13.0 Å². The highest BCUT2D eigenvalue weighted by Gasteiger charge is 2.30. The molecule has 178 valence electrons. The summed E-state index contributed by atoms with van der Waals surface area (Å²) in [6.07, 6.45) is 5.34. The summed E-state index contributed by atoms with van der Waals surface area (Å²) in [6, 6.07) is 6.94. The van der Waals surface area contributed by atoms with Crippen LogP contribution in [0.3, 0.4) is 0 Å². The van der Waals surface area contributed by atoms with Gasteiger partial charge in [0.05, 0.1) is 5.92 Å². The molecular formula is C25H27F2N5O2. The first-order chi connectivity index (χ1) is 16.3. The number of aryl methyl sites for hydroxylation is 1. The lowest BCUT2D eigenvalue weighted by molar-refractivity contribution is -0.143. The van der Waals surface area contributed by atoms with Crippen molar-refractivity contribution < 1.29 is 18.7 Å². The third kappa shape index (κ3) is 5.52. The number of hydrogen-bond acceptors (Lipinski definition) is 6. The minimum absolute atomic E-state index is 0.104. The van der Waals surface area contributed by atoms with Crippen LogP contribution in [0.1, 0.15) is 62.0 Å². The van der Waals surface area contributed by atoms with Crippen LogP contribution in [-0.2, 0) is 4.79 Å². The summed E-state index contributed by atoms with van der Waals surface area (Å²) < 4.78 is 25.9. The zero-order valence-corrected chi connectivity index (χ0v) is 19.1. The molecule has 2 heterocycles. The highest BCUT2D eigenvalue weighted by atomic mass is 19.3. The van der Waals surface area contributed by atoms with E-state index in [-0.39, 0.29) is 23.5 Å². The van der Waals surface area contributed by atoms with E-state index in [0.717, 1.165) is 35.4 Å². The number of carboxylic acids is 1. The van der Waals surface area contributed by atoms with E-state index in [1.54, 1.807) is 12.4 Å². The summed E-state index contributed by atoms with van der Waals surface area (Å²) >= 11 is 0. The largest absolute Gasteiger partial charge is 0.481 e. The topological polar surface area (TPSA) is 101 Å². The van der Waals surface area contributed by atoms with Gasteiger partial charge in [-0.3, -0.25) is 4.79 Å². The predicted octanol–water partition coefficient (Wildman–Crippen LogP) is 5.92. The Kier molecular flexibility index (Phi) is 7.09. The highest BCUT2D eigenvalue weighted by molar-refractivity contribution is 5.70. The van der Waals surface area contributed by atoms with Crippen molar-refractivity contribution in [3.05, 3.63) is 59.9 Å². The van der Waals surface area contributed by atoms with Crippen LogP contribution >= 0.6 is 0 Å². The molecule has 2 aromatic heterocycles. The molecule has 2 N–H and O–H groups in total. The van der Waals surface area contributed by atoms with Gasteiger partial charge in [-0.25, -0.2) is 28.7 Å². The molecule has 0 spiro atoms. The van der Waals surface area contributed by atoms with Gasteiger partial charge in [0.25, 0.3) is 6.43 Å². The van der Waals surface area contributed by atoms with Crippen molar-refractivity contribution in [1.82, 2.24) is 19.9 Å². The minimum Gasteiger partial charge on any atom is -0.481 e. The Morgan fingerprint density at radius 1 is 1.06 bits per heavy atom. The Labute approximate surface area is 196 Å². The number of anilines is 2. The van der Waals surface area contributed by atoms with E-state index in [0.29, 0.717) is 24.4 Å². The first kappa shape index (κ1) is 23.7. The summed E-state index contributed by atoms with van der Waals surface area (Å²) in [5, 5.41) is 12.2. The Balaban J connectivity index is 1.48. The number of hydrogen-bond donors (Lipinski definition) is 2. The molecule has 1 aliphatic rings. The first-order valence-electron chi connectivity index (χ1n) is 11.3. The number of aromatic nitrogens is 4. The fourth-order valence-electron chi connectivity index (χ4n) is 4.50. The van der Waals surface area contributed by atoms with Gasteiger partial charge in [0.15, 0.2) is 0 Å². The van der Waals surface area contributed by atoms with Gasteiger partial charge in [0.2, 0.25) is 5.95 Å². The van der Waals surface area contributed by atoms with Crippen molar-refractivity contribution in [2.24, 2.45) is 11.8 Å². The predicted molar refractivity (Wildman–Crippen MR) is 124 cm³/mol. The lowest BCUT2D eigenvalue weighted by Crippen LogP contribution is -2.24. The number of benzene rings is 1. The van der Waals surface area contributed by atoms with Crippen LogP contribution in [0.4, 0.5) is 20.4 Å². The Bertz CT molecular complexity index is 1150. The normalized spacial score (nSPS) is 19.1. The highest BCUT2D eigenvalue weighted by Crippen LogP contribution is 2.37. The maximum absolute atomic E-state index is 12.9. The van der Waals surface area contributed by atoms with Gasteiger partial charge in [-0.15, -0.1) is 0 Å². The van der Waals surface area contributed by atoms with Crippen LogP contribution in [0, 0.1) is 18.8 Å². The molecular weight excluding hydrogens is 440 g/mol. The average Bonchev–Trinajstić information content (AvgIpc) is 2.83. The number of halogens is 2. The second kappa shape index (κ2) is 10.2. The number of carbonyl (C=O) groups is 1. The Hall–Kier alpha value is -3.49. The third-order valence-corrected chi connectivity index (χ3v) is 6.47. The summed E-state index contributed by atoms with van der Waals surface area (Å²) in [5.74, 6) is 0.447. The van der Waals surface area contributed by atoms with Crippen LogP contribution in [-0.4, -0.2) is 31.0 Å². The van der Waals surface area contributed by atoms with Gasteiger partial charge >= 0.3 is 5.97 Å². The minimum atomic E-state index is -2.66. The molecule has 0 aliphatic heterocycles. The standard InChI is InChI=1S/C25H27F2N5O2/c1-14-9-18(11-20(10-14)31-25-28-8-7-21(32-25)22(26)27)19-12-29-23(30-13-19)15(2)16-3-5-17(6-4-16)24(33)34/h7-13,15-17,22H,3-6H2,1-2H3,(H,33,34)(H,28,31,32)/t15?,16-,17-. The summed E-state index contributed by atoms with van der Waals surface area (Å²) in [5.41, 5.74) is 3.03. The van der Waals surface area contributed by atoms with E-state index in [4.69, 9.17) is 0 Å². The number of rotatable bonds is 7. The fourth-order valence-corrected chi connectivity index (χ4v) is 4.50. The van der Waals surface area contributed by atoms with Crippen molar-refractivity contribution in [1.29, 1.82) is 0 Å². The molecule has 0 saturated heterocycles. The van der Waals surface area contributed by atoms with Gasteiger partial charge in [0, 0.05) is 35.8 Å². The van der Waals surface area contributed by atoms with Crippen LogP contribution in [0.2, 0.25) is 0 Å². The number of aliphatic carboxylic acids is 1. The van der Waals surface area contributed by atoms with E-state index < -0.39 is 12.4 Å². The quantitative estimate of drug-likeness (QED) is 0.445. The zero-order chi connectivity index (χ0) is 24.2. The van der Waals surface area contributed by atoms with Crippen LogP contribution in [0.5, 0.6) is 0 Å². The van der Waals surface area contributed by atoms with E-state index in [2.05, 4.69) is 32.2 Å². The molecule has 0 radical (unpaired) electrons. The number of nitrogens with zero attached hydrogens (tertiary/aromatic N) is 4. The van der Waals surface area contributed by atoms with Crippen molar-refractivity contribution in [3.8, 4) is 11.1 Å². The second-order valence-corrected chi connectivity index (χ2v) is 8.89. The van der Waals surface area contributed by atoms with Crippen LogP contribution in [0.15, 0.2) is 42.9 Å². The van der Waals surface area contributed by atoms with Crippen molar-refractivity contribution in [3.63, 3.8) is 0 Å². The molecule has 1 fully saturated rings. The number of carboxylic acid groups (broad SMARTS) is 1. The summed E-state index contributed by atoms with van der Waals surface area (Å²) in [7, 11) is 0. The molecule has 1 aliphatic carbocycles. The fraction of sp³-hybridized carbons (Fsp3) is 0.400. The number of nitrogens with one attached hydrogen (secondary N) is 1. The van der Waals surface area contributed by atoms with Crippen molar-refractivity contribution in [2.75, 3.05) is 5.32 Å². The molecule has 0 bridgehead atoms. The van der Waals surface area contributed by atoms with E-state index >= 15 is 0 Å². The molecule has 7 nitrogen and oxygen atoms in total. The van der Waals surface area contributed by atoms with Crippen LogP contribution in [0.25, 0.3) is 11.1 Å². The maximum Gasteiger partial charge on any atom is 0.306 e. The molecule has 1 aromatic carbocycles. The first-order valence-corrected chi connectivity index (χ1v) is 11.3. The van der Waals surface area contributed by atoms with Gasteiger partial charge in [-0.05, 0) is 67.9 Å². The molecule has 9 heteroatoms. The average molecular weight is 468 g/mol. The van der Waals surface area contributed by atoms with E-state index in [1.165, 1.54) is 12.3 Å². The molecule has 3 aromatic rings. The van der Waals surface area contributed by atoms with Crippen LogP contribution < -0.4 is 5.32 Å². The Morgan fingerprint density at radius 3 is 2.41 bits per heavy atom. The SMILES string of the molecule is Cc1cc(Nc2nccc(C(F)F)n2)cc(-c2cnc(C(C)[C@H]3CC[C@H](C(=O)O)CC3)nc2)c1. The third-order valence-electron chi connectivity index (χ3n) is 6.47. The van der Waals surface area contributed by atoms with Crippen molar-refractivity contribution in [2.45, 2.75) is 51.9 Å². The van der Waals surface area contributed by atoms with Gasteiger partial charge < -0.3 is 10.4 Å². The maximum atomic E-state index is 12.9. The van der Waals surface area contributed by atoms with Gasteiger partial charge in [0.1, 0.15) is 11.5 Å². The molecule has 34 heavy (non-hydrogen) atoms. The second-order valence-electron chi connectivity index (χ2n) is 8.89.